The third-order valence-electron chi connectivity index (χ3n) is 2.86. The van der Waals surface area contributed by atoms with Crippen molar-refractivity contribution in [3.63, 3.8) is 0 Å². The molecule has 0 aliphatic rings. The monoisotopic (exact) mass is 306 g/mol. The Morgan fingerprint density at radius 2 is 2.05 bits per heavy atom. The van der Waals surface area contributed by atoms with Gasteiger partial charge in [-0.05, 0) is 42.1 Å². The molecular formula is C14H14N2O4S. The molecule has 7 heteroatoms. The molecular weight excluding hydrogens is 292 g/mol. The van der Waals surface area contributed by atoms with Crippen molar-refractivity contribution in [1.29, 1.82) is 0 Å². The number of carboxylic acids is 1. The lowest BCUT2D eigenvalue weighted by atomic mass is 10.2. The van der Waals surface area contributed by atoms with Crippen LogP contribution in [-0.2, 0) is 6.54 Å². The zero-order chi connectivity index (χ0) is 15.4. The highest BCUT2D eigenvalue weighted by molar-refractivity contribution is 7.10. The molecule has 2 aromatic rings. The van der Waals surface area contributed by atoms with E-state index in [0.717, 1.165) is 10.4 Å². The van der Waals surface area contributed by atoms with Crippen molar-refractivity contribution >= 4 is 29.0 Å². The van der Waals surface area contributed by atoms with Gasteiger partial charge in [0.2, 0.25) is 0 Å². The van der Waals surface area contributed by atoms with Gasteiger partial charge in [-0.25, -0.2) is 9.59 Å². The van der Waals surface area contributed by atoms with E-state index >= 15 is 0 Å². The SMILES string of the molecule is Cc1ccsc1CNC(=O)Nc1ccc(O)c(C(=O)O)c1. The van der Waals surface area contributed by atoms with Crippen LogP contribution < -0.4 is 10.6 Å². The molecule has 0 saturated carbocycles. The molecule has 1 aromatic carbocycles. The molecule has 0 fully saturated rings. The van der Waals surface area contributed by atoms with E-state index in [-0.39, 0.29) is 11.3 Å². The Hall–Kier alpha value is -2.54. The number of carbonyl (C=O) groups is 2. The van der Waals surface area contributed by atoms with Gasteiger partial charge in [-0.2, -0.15) is 0 Å². The molecule has 2 rings (SSSR count). The van der Waals surface area contributed by atoms with Gasteiger partial charge in [-0.3, -0.25) is 0 Å². The summed E-state index contributed by atoms with van der Waals surface area (Å²) >= 11 is 1.55. The number of aromatic carboxylic acids is 1. The largest absolute Gasteiger partial charge is 0.507 e. The summed E-state index contributed by atoms with van der Waals surface area (Å²) < 4.78 is 0. The zero-order valence-electron chi connectivity index (χ0n) is 11.2. The van der Waals surface area contributed by atoms with Gasteiger partial charge in [0.05, 0.1) is 6.54 Å². The smallest absolute Gasteiger partial charge is 0.339 e. The minimum atomic E-state index is -1.26. The van der Waals surface area contributed by atoms with Crippen LogP contribution in [-0.4, -0.2) is 22.2 Å². The number of nitrogens with one attached hydrogen (secondary N) is 2. The molecule has 0 saturated heterocycles. The highest BCUT2D eigenvalue weighted by Crippen LogP contribution is 2.21. The standard InChI is InChI=1S/C14H14N2O4S/c1-8-4-5-21-12(8)7-15-14(20)16-9-2-3-11(17)10(6-9)13(18)19/h2-6,17H,7H2,1H3,(H,18,19)(H2,15,16,20). The van der Waals surface area contributed by atoms with Crippen LogP contribution in [0.2, 0.25) is 0 Å². The van der Waals surface area contributed by atoms with Crippen molar-refractivity contribution in [3.05, 3.63) is 45.6 Å². The molecule has 0 aliphatic heterocycles. The normalized spacial score (nSPS) is 10.1. The van der Waals surface area contributed by atoms with Gasteiger partial charge in [0.25, 0.3) is 0 Å². The third-order valence-corrected chi connectivity index (χ3v) is 3.89. The van der Waals surface area contributed by atoms with Crippen LogP contribution in [0.25, 0.3) is 0 Å². The van der Waals surface area contributed by atoms with Crippen LogP contribution in [0.4, 0.5) is 10.5 Å². The summed E-state index contributed by atoms with van der Waals surface area (Å²) in [7, 11) is 0. The van der Waals surface area contributed by atoms with Gasteiger partial charge >= 0.3 is 12.0 Å². The van der Waals surface area contributed by atoms with E-state index in [1.807, 2.05) is 18.4 Å². The summed E-state index contributed by atoms with van der Waals surface area (Å²) in [6, 6.07) is 5.39. The first-order chi connectivity index (χ1) is 9.97. The molecule has 4 N–H and O–H groups in total. The fourth-order valence-corrected chi connectivity index (χ4v) is 2.55. The first kappa shape index (κ1) is 14.9. The number of anilines is 1. The number of aryl methyl sites for hydroxylation is 1. The molecule has 0 radical (unpaired) electrons. The van der Waals surface area contributed by atoms with E-state index in [2.05, 4.69) is 10.6 Å². The predicted octanol–water partition coefficient (Wildman–Crippen LogP) is 2.78. The maximum atomic E-state index is 11.8. The van der Waals surface area contributed by atoms with Crippen LogP contribution in [0, 0.1) is 6.92 Å². The minimum absolute atomic E-state index is 0.262. The highest BCUT2D eigenvalue weighted by Gasteiger charge is 2.11. The molecule has 2 amide bonds. The lowest BCUT2D eigenvalue weighted by Crippen LogP contribution is -2.28. The molecule has 21 heavy (non-hydrogen) atoms. The first-order valence-corrected chi connectivity index (χ1v) is 6.99. The second-order valence-electron chi connectivity index (χ2n) is 4.37. The fourth-order valence-electron chi connectivity index (χ4n) is 1.71. The van der Waals surface area contributed by atoms with Crippen LogP contribution in [0.3, 0.4) is 0 Å². The Bertz CT molecular complexity index is 681. The number of hydrogen-bond donors (Lipinski definition) is 4. The summed E-state index contributed by atoms with van der Waals surface area (Å²) in [5, 5.41) is 25.4. The van der Waals surface area contributed by atoms with E-state index in [4.69, 9.17) is 5.11 Å². The number of hydrogen-bond acceptors (Lipinski definition) is 4. The lowest BCUT2D eigenvalue weighted by molar-refractivity contribution is 0.0693. The Morgan fingerprint density at radius 3 is 2.67 bits per heavy atom. The van der Waals surface area contributed by atoms with Crippen molar-refractivity contribution in [2.24, 2.45) is 0 Å². The van der Waals surface area contributed by atoms with Gasteiger partial charge in [0.1, 0.15) is 11.3 Å². The van der Waals surface area contributed by atoms with Gasteiger partial charge in [0.15, 0.2) is 0 Å². The average molecular weight is 306 g/mol. The quantitative estimate of drug-likeness (QED) is 0.653. The molecule has 0 aliphatic carbocycles. The third kappa shape index (κ3) is 3.73. The maximum absolute atomic E-state index is 11.8. The van der Waals surface area contributed by atoms with Crippen molar-refractivity contribution in [2.45, 2.75) is 13.5 Å². The summed E-state index contributed by atoms with van der Waals surface area (Å²) in [5.41, 5.74) is 1.14. The molecule has 0 spiro atoms. The molecule has 110 valence electrons. The number of carbonyl (C=O) groups excluding carboxylic acids is 1. The number of amides is 2. The van der Waals surface area contributed by atoms with Gasteiger partial charge in [0, 0.05) is 10.6 Å². The molecule has 6 nitrogen and oxygen atoms in total. The second-order valence-corrected chi connectivity index (χ2v) is 5.37. The van der Waals surface area contributed by atoms with Gasteiger partial charge in [-0.15, -0.1) is 11.3 Å². The Labute approximate surface area is 125 Å². The van der Waals surface area contributed by atoms with Crippen LogP contribution in [0.5, 0.6) is 5.75 Å². The lowest BCUT2D eigenvalue weighted by Gasteiger charge is -2.08. The topological polar surface area (TPSA) is 98.7 Å². The summed E-state index contributed by atoms with van der Waals surface area (Å²) in [5.74, 6) is -1.60. The van der Waals surface area contributed by atoms with Crippen LogP contribution in [0.1, 0.15) is 20.8 Å². The Morgan fingerprint density at radius 1 is 1.29 bits per heavy atom. The number of rotatable bonds is 4. The van der Waals surface area contributed by atoms with E-state index < -0.39 is 12.0 Å². The number of phenols is 1. The number of benzene rings is 1. The zero-order valence-corrected chi connectivity index (χ0v) is 12.0. The average Bonchev–Trinajstić information content (AvgIpc) is 2.84. The Kier molecular flexibility index (Phi) is 4.44. The highest BCUT2D eigenvalue weighted by atomic mass is 32.1. The van der Waals surface area contributed by atoms with E-state index in [0.29, 0.717) is 12.2 Å². The summed E-state index contributed by atoms with van der Waals surface area (Å²) in [6.07, 6.45) is 0. The fraction of sp³-hybridized carbons (Fsp3) is 0.143. The second kappa shape index (κ2) is 6.27. The first-order valence-electron chi connectivity index (χ1n) is 6.11. The van der Waals surface area contributed by atoms with Crippen LogP contribution in [0.15, 0.2) is 29.6 Å². The van der Waals surface area contributed by atoms with E-state index in [1.54, 1.807) is 11.3 Å². The van der Waals surface area contributed by atoms with E-state index in [1.165, 1.54) is 18.2 Å². The van der Waals surface area contributed by atoms with Crippen molar-refractivity contribution < 1.29 is 19.8 Å². The van der Waals surface area contributed by atoms with Crippen LogP contribution >= 0.6 is 11.3 Å². The number of urea groups is 1. The van der Waals surface area contributed by atoms with Crippen molar-refractivity contribution in [1.82, 2.24) is 5.32 Å². The van der Waals surface area contributed by atoms with Crippen molar-refractivity contribution in [2.75, 3.05) is 5.32 Å². The molecule has 1 aromatic heterocycles. The number of thiophene rings is 1. The summed E-state index contributed by atoms with van der Waals surface area (Å²) in [4.78, 5) is 23.7. The molecule has 0 unspecified atom stereocenters. The predicted molar refractivity (Wildman–Crippen MR) is 80.0 cm³/mol. The summed E-state index contributed by atoms with van der Waals surface area (Å²) in [6.45, 7) is 2.36. The maximum Gasteiger partial charge on any atom is 0.339 e. The van der Waals surface area contributed by atoms with Gasteiger partial charge < -0.3 is 20.8 Å². The molecule has 0 bridgehead atoms. The number of aromatic hydroxyl groups is 1. The minimum Gasteiger partial charge on any atom is -0.507 e. The Balaban J connectivity index is 1.98. The molecule has 1 heterocycles. The number of carboxylic acid groups (broad SMARTS) is 1. The van der Waals surface area contributed by atoms with Crippen molar-refractivity contribution in [3.8, 4) is 5.75 Å². The van der Waals surface area contributed by atoms with Gasteiger partial charge in [-0.1, -0.05) is 0 Å². The molecule has 0 atom stereocenters. The van der Waals surface area contributed by atoms with E-state index in [9.17, 15) is 14.7 Å².